The van der Waals surface area contributed by atoms with Gasteiger partial charge < -0.3 is 10.6 Å². The molecule has 0 fully saturated rings. The van der Waals surface area contributed by atoms with Crippen LogP contribution in [0.5, 0.6) is 0 Å². The lowest BCUT2D eigenvalue weighted by molar-refractivity contribution is 0.262. The molecule has 2 aromatic carbocycles. The predicted molar refractivity (Wildman–Crippen MR) is 70.5 cm³/mol. The summed E-state index contributed by atoms with van der Waals surface area (Å²) < 4.78 is 26.2. The monoisotopic (exact) mass is 282 g/mol. The largest absolute Gasteiger partial charge is 0.323 e. The molecule has 2 rings (SSSR count). The molecule has 19 heavy (non-hydrogen) atoms. The highest BCUT2D eigenvalue weighted by molar-refractivity contribution is 6.31. The predicted octanol–water partition coefficient (Wildman–Crippen LogP) is 4.26. The van der Waals surface area contributed by atoms with Crippen LogP contribution in [0, 0.1) is 11.6 Å². The van der Waals surface area contributed by atoms with Crippen molar-refractivity contribution in [3.05, 3.63) is 59.1 Å². The van der Waals surface area contributed by atoms with Crippen molar-refractivity contribution < 1.29 is 13.6 Å². The minimum atomic E-state index is -0.646. The van der Waals surface area contributed by atoms with Crippen LogP contribution in [0.15, 0.2) is 42.5 Å². The second-order valence-corrected chi connectivity index (χ2v) is 4.10. The molecule has 6 heteroatoms. The van der Waals surface area contributed by atoms with Gasteiger partial charge in [-0.25, -0.2) is 13.6 Å². The molecule has 0 aromatic heterocycles. The van der Waals surface area contributed by atoms with Gasteiger partial charge in [0.05, 0.1) is 10.7 Å². The Morgan fingerprint density at radius 3 is 2.42 bits per heavy atom. The summed E-state index contributed by atoms with van der Waals surface area (Å²) in [4.78, 5) is 11.6. The van der Waals surface area contributed by atoms with Crippen molar-refractivity contribution in [1.29, 1.82) is 0 Å². The average Bonchev–Trinajstić information content (AvgIpc) is 2.37. The Morgan fingerprint density at radius 1 is 1.00 bits per heavy atom. The van der Waals surface area contributed by atoms with E-state index in [1.807, 2.05) is 0 Å². The number of hydrogen-bond acceptors (Lipinski definition) is 1. The molecule has 3 nitrogen and oxygen atoms in total. The van der Waals surface area contributed by atoms with Gasteiger partial charge in [-0.2, -0.15) is 0 Å². The molecule has 0 spiro atoms. The Kier molecular flexibility index (Phi) is 3.97. The molecular weight excluding hydrogens is 274 g/mol. The number of nitrogens with one attached hydrogen (secondary N) is 2. The van der Waals surface area contributed by atoms with Crippen LogP contribution in [-0.2, 0) is 0 Å². The maximum atomic E-state index is 13.3. The summed E-state index contributed by atoms with van der Waals surface area (Å²) in [5.41, 5.74) is 0.355. The average molecular weight is 283 g/mol. The molecule has 2 N–H and O–H groups in total. The molecule has 98 valence electrons. The first-order valence-corrected chi connectivity index (χ1v) is 5.71. The Labute approximate surface area is 113 Å². The molecule has 0 atom stereocenters. The van der Waals surface area contributed by atoms with Gasteiger partial charge in [0.1, 0.15) is 11.6 Å². The number of anilines is 2. The van der Waals surface area contributed by atoms with Gasteiger partial charge in [0.25, 0.3) is 0 Å². The van der Waals surface area contributed by atoms with Gasteiger partial charge in [-0.05, 0) is 30.3 Å². The zero-order valence-corrected chi connectivity index (χ0v) is 10.3. The molecule has 0 radical (unpaired) electrons. The van der Waals surface area contributed by atoms with Crippen molar-refractivity contribution in [2.45, 2.75) is 0 Å². The number of benzene rings is 2. The van der Waals surface area contributed by atoms with Gasteiger partial charge in [0, 0.05) is 5.69 Å². The lowest BCUT2D eigenvalue weighted by atomic mass is 10.3. The van der Waals surface area contributed by atoms with E-state index in [9.17, 15) is 13.6 Å². The minimum absolute atomic E-state index is 0.0493. The van der Waals surface area contributed by atoms with E-state index in [1.54, 1.807) is 6.07 Å². The van der Waals surface area contributed by atoms with Crippen molar-refractivity contribution >= 4 is 29.0 Å². The lowest BCUT2D eigenvalue weighted by Gasteiger charge is -2.08. The van der Waals surface area contributed by atoms with Crippen molar-refractivity contribution in [2.75, 3.05) is 10.6 Å². The van der Waals surface area contributed by atoms with Gasteiger partial charge in [-0.3, -0.25) is 0 Å². The standard InChI is InChI=1S/C13H9ClF2N2O/c14-9-7-8(5-6-10(9)15)17-13(19)18-12-4-2-1-3-11(12)16/h1-7H,(H2,17,18,19). The van der Waals surface area contributed by atoms with Crippen molar-refractivity contribution in [3.63, 3.8) is 0 Å². The van der Waals surface area contributed by atoms with Gasteiger partial charge in [0.15, 0.2) is 0 Å². The lowest BCUT2D eigenvalue weighted by Crippen LogP contribution is -2.20. The number of para-hydroxylation sites is 1. The Morgan fingerprint density at radius 2 is 1.74 bits per heavy atom. The van der Waals surface area contributed by atoms with E-state index in [4.69, 9.17) is 11.6 Å². The third-order valence-electron chi connectivity index (χ3n) is 2.30. The highest BCUT2D eigenvalue weighted by Gasteiger charge is 2.07. The van der Waals surface area contributed by atoms with E-state index in [0.29, 0.717) is 5.69 Å². The van der Waals surface area contributed by atoms with Crippen LogP contribution in [0.4, 0.5) is 25.0 Å². The van der Waals surface area contributed by atoms with Gasteiger partial charge in [-0.15, -0.1) is 0 Å². The summed E-state index contributed by atoms with van der Waals surface area (Å²) in [6, 6.07) is 8.84. The molecule has 2 aromatic rings. The highest BCUT2D eigenvalue weighted by Crippen LogP contribution is 2.20. The molecule has 0 aliphatic rings. The van der Waals surface area contributed by atoms with Crippen molar-refractivity contribution in [1.82, 2.24) is 0 Å². The first-order chi connectivity index (χ1) is 9.06. The molecule has 0 bridgehead atoms. The minimum Gasteiger partial charge on any atom is -0.308 e. The van der Waals surface area contributed by atoms with Crippen LogP contribution in [-0.4, -0.2) is 6.03 Å². The zero-order chi connectivity index (χ0) is 13.8. The number of urea groups is 1. The fraction of sp³-hybridized carbons (Fsp3) is 0. The Hall–Kier alpha value is -2.14. The summed E-state index contributed by atoms with van der Waals surface area (Å²) >= 11 is 5.58. The quantitative estimate of drug-likeness (QED) is 0.849. The van der Waals surface area contributed by atoms with E-state index in [2.05, 4.69) is 10.6 Å². The first kappa shape index (κ1) is 13.3. The molecule has 0 heterocycles. The van der Waals surface area contributed by atoms with Gasteiger partial charge in [-0.1, -0.05) is 23.7 Å². The number of amides is 2. The number of hydrogen-bond donors (Lipinski definition) is 2. The molecule has 2 amide bonds. The summed E-state index contributed by atoms with van der Waals surface area (Å²) in [7, 11) is 0. The highest BCUT2D eigenvalue weighted by atomic mass is 35.5. The Bertz CT molecular complexity index is 619. The van der Waals surface area contributed by atoms with Crippen LogP contribution >= 0.6 is 11.6 Å². The van der Waals surface area contributed by atoms with Crippen LogP contribution in [0.2, 0.25) is 5.02 Å². The van der Waals surface area contributed by atoms with Crippen LogP contribution in [0.25, 0.3) is 0 Å². The van der Waals surface area contributed by atoms with Crippen LogP contribution in [0.1, 0.15) is 0 Å². The number of carbonyl (C=O) groups excluding carboxylic acids is 1. The molecule has 0 saturated heterocycles. The van der Waals surface area contributed by atoms with E-state index in [-0.39, 0.29) is 10.7 Å². The summed E-state index contributed by atoms with van der Waals surface area (Å²) in [5, 5.41) is 4.64. The zero-order valence-electron chi connectivity index (χ0n) is 9.58. The maximum Gasteiger partial charge on any atom is 0.323 e. The SMILES string of the molecule is O=C(Nc1ccc(F)c(Cl)c1)Nc1ccccc1F. The summed E-state index contributed by atoms with van der Waals surface area (Å²) in [6.07, 6.45) is 0. The van der Waals surface area contributed by atoms with Crippen LogP contribution in [0.3, 0.4) is 0 Å². The second kappa shape index (κ2) is 5.67. The summed E-state index contributed by atoms with van der Waals surface area (Å²) in [6.45, 7) is 0. The molecule has 0 unspecified atom stereocenters. The molecular formula is C13H9ClF2N2O. The third-order valence-corrected chi connectivity index (χ3v) is 2.59. The Balaban J connectivity index is 2.05. The van der Waals surface area contributed by atoms with Crippen LogP contribution < -0.4 is 10.6 Å². The van der Waals surface area contributed by atoms with Crippen molar-refractivity contribution in [2.24, 2.45) is 0 Å². The number of rotatable bonds is 2. The topological polar surface area (TPSA) is 41.1 Å². The smallest absolute Gasteiger partial charge is 0.308 e. The van der Waals surface area contributed by atoms with Gasteiger partial charge >= 0.3 is 6.03 Å². The summed E-state index contributed by atoms with van der Waals surface area (Å²) in [5.74, 6) is -1.13. The number of carbonyl (C=O) groups is 1. The molecule has 0 aliphatic heterocycles. The van der Waals surface area contributed by atoms with E-state index in [1.165, 1.54) is 30.3 Å². The molecule has 0 aliphatic carbocycles. The normalized spacial score (nSPS) is 10.1. The van der Waals surface area contributed by atoms with Crippen molar-refractivity contribution in [3.8, 4) is 0 Å². The maximum absolute atomic E-state index is 13.3. The molecule has 0 saturated carbocycles. The van der Waals surface area contributed by atoms with E-state index in [0.717, 1.165) is 6.07 Å². The first-order valence-electron chi connectivity index (χ1n) is 5.34. The third kappa shape index (κ3) is 3.42. The van der Waals surface area contributed by atoms with E-state index >= 15 is 0 Å². The fourth-order valence-electron chi connectivity index (χ4n) is 1.42. The van der Waals surface area contributed by atoms with Gasteiger partial charge in [0.2, 0.25) is 0 Å². The van der Waals surface area contributed by atoms with E-state index < -0.39 is 17.7 Å². The second-order valence-electron chi connectivity index (χ2n) is 3.69. The fourth-order valence-corrected chi connectivity index (χ4v) is 1.60. The number of halogens is 3.